The van der Waals surface area contributed by atoms with Crippen LogP contribution in [0.25, 0.3) is 10.9 Å². The topological polar surface area (TPSA) is 69.0 Å². The summed E-state index contributed by atoms with van der Waals surface area (Å²) in [5, 5.41) is 7.99. The minimum Gasteiger partial charge on any atom is -0.376 e. The third-order valence-corrected chi connectivity index (χ3v) is 3.96. The van der Waals surface area contributed by atoms with Gasteiger partial charge in [0.1, 0.15) is 5.69 Å². The van der Waals surface area contributed by atoms with Crippen molar-refractivity contribution in [2.24, 2.45) is 0 Å². The Labute approximate surface area is 143 Å². The maximum absolute atomic E-state index is 13.0. The first-order valence-electron chi connectivity index (χ1n) is 7.59. The first-order valence-corrected chi connectivity index (χ1v) is 7.59. The number of amides is 1. The molecule has 1 aliphatic rings. The predicted molar refractivity (Wildman–Crippen MR) is 81.6 cm³/mol. The average Bonchev–Trinajstić information content (AvgIpc) is 2.92. The van der Waals surface area contributed by atoms with E-state index in [0.717, 1.165) is 0 Å². The minimum atomic E-state index is -4.74. The van der Waals surface area contributed by atoms with E-state index in [0.29, 0.717) is 31.3 Å². The molecule has 2 aromatic rings. The van der Waals surface area contributed by atoms with E-state index in [2.05, 4.69) is 16.0 Å². The number of H-pyrrole nitrogens is 1. The van der Waals surface area contributed by atoms with Gasteiger partial charge in [-0.2, -0.15) is 26.3 Å². The van der Waals surface area contributed by atoms with E-state index in [1.165, 1.54) is 0 Å². The summed E-state index contributed by atoms with van der Waals surface area (Å²) in [6.07, 6.45) is -9.47. The Hall–Kier alpha value is -2.43. The number of carbonyl (C=O) groups excluding carboxylic acids is 1. The third kappa shape index (κ3) is 3.87. The molecular weight excluding hydrogens is 366 g/mol. The lowest BCUT2D eigenvalue weighted by Gasteiger charge is -2.28. The van der Waals surface area contributed by atoms with E-state index in [-0.39, 0.29) is 29.2 Å². The van der Waals surface area contributed by atoms with E-state index in [4.69, 9.17) is 0 Å². The maximum Gasteiger partial charge on any atom is 0.431 e. The van der Waals surface area contributed by atoms with Crippen LogP contribution in [-0.4, -0.2) is 36.6 Å². The van der Waals surface area contributed by atoms with Crippen molar-refractivity contribution in [1.82, 2.24) is 15.6 Å². The lowest BCUT2D eigenvalue weighted by molar-refractivity contribution is -0.140. The lowest BCUT2D eigenvalue weighted by atomic mass is 10.1. The van der Waals surface area contributed by atoms with Crippen LogP contribution < -0.4 is 16.0 Å². The number of aromatic nitrogens is 1. The van der Waals surface area contributed by atoms with E-state index in [1.807, 2.05) is 4.98 Å². The fraction of sp³-hybridized carbons (Fsp3) is 0.400. The van der Waals surface area contributed by atoms with Gasteiger partial charge in [0.2, 0.25) is 5.91 Å². The summed E-state index contributed by atoms with van der Waals surface area (Å²) in [6, 6.07) is 1.95. The smallest absolute Gasteiger partial charge is 0.376 e. The van der Waals surface area contributed by atoms with Crippen LogP contribution in [-0.2, 0) is 17.1 Å². The zero-order valence-corrected chi connectivity index (χ0v) is 13.1. The summed E-state index contributed by atoms with van der Waals surface area (Å²) in [5.41, 5.74) is -2.81. The third-order valence-electron chi connectivity index (χ3n) is 3.96. The lowest BCUT2D eigenvalue weighted by Crippen LogP contribution is -2.57. The number of carbonyl (C=O) groups is 1. The molecule has 0 radical (unpaired) electrons. The second-order valence-electron chi connectivity index (χ2n) is 5.94. The van der Waals surface area contributed by atoms with Crippen LogP contribution in [0.2, 0.25) is 0 Å². The number of anilines is 1. The molecule has 0 spiro atoms. The first-order chi connectivity index (χ1) is 12.0. The van der Waals surface area contributed by atoms with Crippen LogP contribution >= 0.6 is 0 Å². The van der Waals surface area contributed by atoms with Gasteiger partial charge < -0.3 is 20.9 Å². The van der Waals surface area contributed by atoms with Gasteiger partial charge >= 0.3 is 12.4 Å². The molecular formula is C15H14F6N4O. The zero-order valence-electron chi connectivity index (χ0n) is 13.1. The van der Waals surface area contributed by atoms with Crippen molar-refractivity contribution in [2.45, 2.75) is 18.4 Å². The van der Waals surface area contributed by atoms with E-state index in [1.54, 1.807) is 0 Å². The van der Waals surface area contributed by atoms with Crippen molar-refractivity contribution >= 4 is 22.5 Å². The predicted octanol–water partition coefficient (Wildman–Crippen LogP) is 2.71. The van der Waals surface area contributed by atoms with Gasteiger partial charge in [0.15, 0.2) is 0 Å². The van der Waals surface area contributed by atoms with Crippen LogP contribution in [0.15, 0.2) is 18.2 Å². The highest BCUT2D eigenvalue weighted by Gasteiger charge is 2.35. The molecule has 0 unspecified atom stereocenters. The Balaban J connectivity index is 1.90. The quantitative estimate of drug-likeness (QED) is 0.617. The Bertz CT molecular complexity index is 822. The molecule has 0 atom stereocenters. The maximum atomic E-state index is 13.0. The molecule has 1 aromatic carbocycles. The van der Waals surface area contributed by atoms with Gasteiger partial charge in [-0.05, 0) is 18.2 Å². The average molecular weight is 380 g/mol. The van der Waals surface area contributed by atoms with Crippen LogP contribution in [0.3, 0.4) is 0 Å². The first kappa shape index (κ1) is 18.4. The number of aromatic amines is 1. The number of halogens is 6. The summed E-state index contributed by atoms with van der Waals surface area (Å²) in [4.78, 5) is 13.7. The van der Waals surface area contributed by atoms with Crippen molar-refractivity contribution in [1.29, 1.82) is 0 Å². The zero-order chi connectivity index (χ0) is 19.1. The molecule has 11 heteroatoms. The highest BCUT2D eigenvalue weighted by molar-refractivity contribution is 5.95. The summed E-state index contributed by atoms with van der Waals surface area (Å²) < 4.78 is 77.6. The number of rotatable bonds is 4. The van der Waals surface area contributed by atoms with Crippen molar-refractivity contribution in [3.8, 4) is 0 Å². The molecule has 26 heavy (non-hydrogen) atoms. The van der Waals surface area contributed by atoms with Crippen molar-refractivity contribution < 1.29 is 31.1 Å². The van der Waals surface area contributed by atoms with Gasteiger partial charge in [-0.1, -0.05) is 0 Å². The highest BCUT2D eigenvalue weighted by Crippen LogP contribution is 2.38. The van der Waals surface area contributed by atoms with Gasteiger partial charge in [0.05, 0.1) is 18.2 Å². The number of hydrogen-bond donors (Lipinski definition) is 4. The van der Waals surface area contributed by atoms with Crippen LogP contribution in [0.5, 0.6) is 0 Å². The molecule has 1 amide bonds. The van der Waals surface area contributed by atoms with Gasteiger partial charge in [-0.3, -0.25) is 4.79 Å². The Kier molecular flexibility index (Phi) is 4.51. The van der Waals surface area contributed by atoms with Gasteiger partial charge in [-0.15, -0.1) is 0 Å². The number of alkyl halides is 6. The largest absolute Gasteiger partial charge is 0.431 e. The summed E-state index contributed by atoms with van der Waals surface area (Å²) in [6.45, 7) is 0.817. The summed E-state index contributed by atoms with van der Waals surface area (Å²) in [7, 11) is 0. The SMILES string of the molecule is O=C(CNc1cc(C(F)(F)F)cc2[nH]c(C(F)(F)F)cc12)NC1CNC1. The van der Waals surface area contributed by atoms with Crippen molar-refractivity contribution in [2.75, 3.05) is 25.0 Å². The molecule has 0 bridgehead atoms. The molecule has 2 heterocycles. The molecule has 3 rings (SSSR count). The van der Waals surface area contributed by atoms with E-state index >= 15 is 0 Å². The number of benzene rings is 1. The molecule has 1 aromatic heterocycles. The number of hydrogen-bond acceptors (Lipinski definition) is 3. The van der Waals surface area contributed by atoms with Gasteiger partial charge in [-0.25, -0.2) is 0 Å². The van der Waals surface area contributed by atoms with E-state index in [9.17, 15) is 31.1 Å². The molecule has 1 aliphatic heterocycles. The van der Waals surface area contributed by atoms with Gasteiger partial charge in [0, 0.05) is 29.7 Å². The second-order valence-corrected chi connectivity index (χ2v) is 5.94. The molecule has 0 saturated carbocycles. The standard InChI is InChI=1S/C15H14F6N4O/c16-14(17,18)7-1-10(23-6-13(26)24-8-4-22-5-8)9-3-12(15(19,20)21)25-11(9)2-7/h1-3,8,22-23,25H,4-6H2,(H,24,26). The van der Waals surface area contributed by atoms with Crippen LogP contribution in [0.4, 0.5) is 32.0 Å². The van der Waals surface area contributed by atoms with Crippen LogP contribution in [0, 0.1) is 0 Å². The Morgan fingerprint density at radius 1 is 1.08 bits per heavy atom. The molecule has 1 fully saturated rings. The van der Waals surface area contributed by atoms with Gasteiger partial charge in [0.25, 0.3) is 0 Å². The molecule has 5 nitrogen and oxygen atoms in total. The molecule has 142 valence electrons. The van der Waals surface area contributed by atoms with Crippen molar-refractivity contribution in [3.63, 3.8) is 0 Å². The Morgan fingerprint density at radius 2 is 1.77 bits per heavy atom. The normalized spacial score (nSPS) is 15.8. The molecule has 0 aliphatic carbocycles. The second kappa shape index (κ2) is 6.38. The number of fused-ring (bicyclic) bond motifs is 1. The number of nitrogens with one attached hydrogen (secondary N) is 4. The fourth-order valence-electron chi connectivity index (χ4n) is 2.55. The molecule has 4 N–H and O–H groups in total. The monoisotopic (exact) mass is 380 g/mol. The van der Waals surface area contributed by atoms with Crippen LogP contribution in [0.1, 0.15) is 11.3 Å². The summed E-state index contributed by atoms with van der Waals surface area (Å²) >= 11 is 0. The summed E-state index contributed by atoms with van der Waals surface area (Å²) in [5.74, 6) is -0.464. The highest BCUT2D eigenvalue weighted by atomic mass is 19.4. The molecule has 1 saturated heterocycles. The fourth-order valence-corrected chi connectivity index (χ4v) is 2.55. The van der Waals surface area contributed by atoms with Crippen molar-refractivity contribution in [3.05, 3.63) is 29.5 Å². The Morgan fingerprint density at radius 3 is 2.31 bits per heavy atom. The van der Waals surface area contributed by atoms with E-state index < -0.39 is 29.5 Å². The minimum absolute atomic E-state index is 0.0603.